The van der Waals surface area contributed by atoms with Crippen molar-refractivity contribution < 1.29 is 42.3 Å². The molecular weight excluding hydrogens is 561 g/mol. The molecule has 0 N–H and O–H groups in total. The molecule has 1 aromatic carbocycles. The van der Waals surface area contributed by atoms with Crippen molar-refractivity contribution in [2.45, 2.75) is 52.9 Å². The summed E-state index contributed by atoms with van der Waals surface area (Å²) in [7, 11) is 4.00. The Bertz CT molecular complexity index is 1200. The minimum absolute atomic E-state index is 0.184. The van der Waals surface area contributed by atoms with Crippen molar-refractivity contribution in [1.82, 2.24) is 9.38 Å². The lowest BCUT2D eigenvalue weighted by Crippen LogP contribution is -2.64. The third-order valence-corrected chi connectivity index (χ3v) is 6.21. The van der Waals surface area contributed by atoms with Crippen LogP contribution in [0.3, 0.4) is 0 Å². The molecule has 0 bridgehead atoms. The third kappa shape index (κ3) is 8.63. The van der Waals surface area contributed by atoms with Crippen molar-refractivity contribution in [2.24, 2.45) is 0 Å². The fourth-order valence-electron chi connectivity index (χ4n) is 4.46. The zero-order valence-corrected chi connectivity index (χ0v) is 26.3. The minimum Gasteiger partial charge on any atom is -0.461 e. The number of halogens is 1. The predicted octanol–water partition coefficient (Wildman–Crippen LogP) is 5.27. The van der Waals surface area contributed by atoms with E-state index in [1.54, 1.807) is 46.9 Å². The van der Waals surface area contributed by atoms with Gasteiger partial charge in [0.15, 0.2) is 0 Å². The van der Waals surface area contributed by atoms with Gasteiger partial charge >= 0.3 is 11.9 Å². The summed E-state index contributed by atoms with van der Waals surface area (Å²) < 4.78 is 62.9. The summed E-state index contributed by atoms with van der Waals surface area (Å²) in [6.07, 6.45) is 2.64. The number of ether oxygens (including phenoxy) is 8. The van der Waals surface area contributed by atoms with Gasteiger partial charge in [-0.25, -0.2) is 9.37 Å². The maximum Gasteiger partial charge on any atom is 0.370 e. The molecule has 3 aromatic rings. The van der Waals surface area contributed by atoms with Gasteiger partial charge in [-0.1, -0.05) is 12.1 Å². The SMILES string of the molecule is CCOC(OCC)(OCC)C(OCC)(OCC)OCC(OCCF)Oc1ccc2nc(-c3ccc(N(C)C)cc3)cn2c1. The molecule has 2 heterocycles. The summed E-state index contributed by atoms with van der Waals surface area (Å²) in [6, 6.07) is 11.7. The Morgan fingerprint density at radius 2 is 1.33 bits per heavy atom. The average molecular weight is 608 g/mol. The molecule has 12 heteroatoms. The second kappa shape index (κ2) is 16.9. The fourth-order valence-corrected chi connectivity index (χ4v) is 4.46. The van der Waals surface area contributed by atoms with Gasteiger partial charge < -0.3 is 47.2 Å². The Morgan fingerprint density at radius 1 is 0.767 bits per heavy atom. The molecule has 0 fully saturated rings. The molecule has 3 rings (SSSR count). The highest BCUT2D eigenvalue weighted by atomic mass is 19.1. The molecule has 2 aromatic heterocycles. The number of pyridine rings is 1. The highest BCUT2D eigenvalue weighted by Crippen LogP contribution is 2.36. The Hall–Kier alpha value is -2.84. The number of anilines is 1. The molecule has 0 aliphatic heterocycles. The zero-order chi connectivity index (χ0) is 31.3. The fraction of sp³-hybridized carbons (Fsp3) is 0.581. The van der Waals surface area contributed by atoms with E-state index in [1.165, 1.54) is 0 Å². The summed E-state index contributed by atoms with van der Waals surface area (Å²) in [5.41, 5.74) is 3.63. The van der Waals surface area contributed by atoms with Crippen LogP contribution in [0.5, 0.6) is 5.75 Å². The van der Waals surface area contributed by atoms with Crippen molar-refractivity contribution in [3.63, 3.8) is 0 Å². The monoisotopic (exact) mass is 607 g/mol. The van der Waals surface area contributed by atoms with Crippen LogP contribution in [0.1, 0.15) is 34.6 Å². The molecule has 0 saturated carbocycles. The van der Waals surface area contributed by atoms with Crippen LogP contribution in [-0.2, 0) is 33.2 Å². The van der Waals surface area contributed by atoms with E-state index in [-0.39, 0.29) is 46.2 Å². The van der Waals surface area contributed by atoms with Gasteiger partial charge in [-0.05, 0) is 58.9 Å². The second-order valence-corrected chi connectivity index (χ2v) is 9.39. The summed E-state index contributed by atoms with van der Waals surface area (Å²) in [5, 5.41) is 0. The van der Waals surface area contributed by atoms with Crippen LogP contribution in [0.15, 0.2) is 48.8 Å². The number of hydrogen-bond acceptors (Lipinski definition) is 10. The van der Waals surface area contributed by atoms with E-state index >= 15 is 0 Å². The van der Waals surface area contributed by atoms with Gasteiger partial charge in [0.2, 0.25) is 6.29 Å². The number of benzene rings is 1. The van der Waals surface area contributed by atoms with Crippen LogP contribution in [-0.4, -0.2) is 94.6 Å². The molecule has 0 aliphatic rings. The third-order valence-electron chi connectivity index (χ3n) is 6.21. The highest BCUT2D eigenvalue weighted by Gasteiger charge is 2.61. The molecule has 43 heavy (non-hydrogen) atoms. The summed E-state index contributed by atoms with van der Waals surface area (Å²) in [6.45, 7) is 8.81. The molecule has 240 valence electrons. The van der Waals surface area contributed by atoms with E-state index in [0.717, 1.165) is 22.6 Å². The van der Waals surface area contributed by atoms with Crippen LogP contribution in [0.25, 0.3) is 16.9 Å². The first kappa shape index (κ1) is 34.6. The molecule has 1 unspecified atom stereocenters. The molecule has 1 atom stereocenters. The average Bonchev–Trinajstić information content (AvgIpc) is 3.42. The normalized spacial score (nSPS) is 13.0. The number of nitrogens with zero attached hydrogens (tertiary/aromatic N) is 3. The Morgan fingerprint density at radius 3 is 1.84 bits per heavy atom. The van der Waals surface area contributed by atoms with Crippen LogP contribution in [0.4, 0.5) is 10.1 Å². The van der Waals surface area contributed by atoms with Gasteiger partial charge in [0, 0.05) is 64.6 Å². The molecular formula is C31H46FN3O8. The molecule has 0 radical (unpaired) electrons. The van der Waals surface area contributed by atoms with E-state index < -0.39 is 24.9 Å². The van der Waals surface area contributed by atoms with Gasteiger partial charge in [-0.2, -0.15) is 0 Å². The largest absolute Gasteiger partial charge is 0.461 e. The predicted molar refractivity (Wildman–Crippen MR) is 161 cm³/mol. The van der Waals surface area contributed by atoms with Gasteiger partial charge in [0.25, 0.3) is 0 Å². The van der Waals surface area contributed by atoms with E-state index in [0.29, 0.717) is 5.75 Å². The van der Waals surface area contributed by atoms with Crippen LogP contribution in [0, 0.1) is 0 Å². The standard InChI is InChI=1S/C31H46FN3O8/c1-8-37-30(38-9-2,39-10-3)31(40-11-4,41-12-5)42-23-29(36-20-19-32)43-26-17-18-28-33-27(22-35(28)21-26)24-13-15-25(16-14-24)34(6)7/h13-18,21-22,29H,8-12,19-20,23H2,1-7H3. The van der Waals surface area contributed by atoms with Crippen molar-refractivity contribution in [3.05, 3.63) is 48.8 Å². The van der Waals surface area contributed by atoms with E-state index in [1.807, 2.05) is 59.9 Å². The van der Waals surface area contributed by atoms with E-state index in [9.17, 15) is 4.39 Å². The minimum atomic E-state index is -1.94. The van der Waals surface area contributed by atoms with Crippen molar-refractivity contribution in [3.8, 4) is 17.0 Å². The van der Waals surface area contributed by atoms with Crippen LogP contribution < -0.4 is 9.64 Å². The zero-order valence-electron chi connectivity index (χ0n) is 26.3. The molecule has 0 spiro atoms. The topological polar surface area (TPSA) is 94.4 Å². The first-order valence-corrected chi connectivity index (χ1v) is 14.7. The lowest BCUT2D eigenvalue weighted by Gasteiger charge is -2.45. The van der Waals surface area contributed by atoms with E-state index in [4.69, 9.17) is 42.9 Å². The lowest BCUT2D eigenvalue weighted by molar-refractivity contribution is -0.561. The highest BCUT2D eigenvalue weighted by molar-refractivity contribution is 5.65. The lowest BCUT2D eigenvalue weighted by atomic mass is 10.1. The molecule has 0 saturated heterocycles. The maximum atomic E-state index is 13.2. The van der Waals surface area contributed by atoms with Crippen molar-refractivity contribution in [1.29, 1.82) is 0 Å². The first-order chi connectivity index (χ1) is 20.8. The first-order valence-electron chi connectivity index (χ1n) is 14.7. The Labute approximate surface area is 253 Å². The van der Waals surface area contributed by atoms with Crippen molar-refractivity contribution >= 4 is 11.3 Å². The quantitative estimate of drug-likeness (QED) is 0.149. The Balaban J connectivity index is 1.87. The number of aromatic nitrogens is 2. The number of rotatable bonds is 21. The molecule has 0 amide bonds. The summed E-state index contributed by atoms with van der Waals surface area (Å²) >= 11 is 0. The van der Waals surface area contributed by atoms with Crippen LogP contribution >= 0.6 is 0 Å². The van der Waals surface area contributed by atoms with Gasteiger partial charge in [0.1, 0.15) is 24.7 Å². The second-order valence-electron chi connectivity index (χ2n) is 9.39. The maximum absolute atomic E-state index is 13.2. The summed E-state index contributed by atoms with van der Waals surface area (Å²) in [5.74, 6) is -3.33. The summed E-state index contributed by atoms with van der Waals surface area (Å²) in [4.78, 5) is 6.77. The van der Waals surface area contributed by atoms with Gasteiger partial charge in [-0.15, -0.1) is 0 Å². The van der Waals surface area contributed by atoms with Crippen LogP contribution in [0.2, 0.25) is 0 Å². The van der Waals surface area contributed by atoms with Gasteiger partial charge in [-0.3, -0.25) is 0 Å². The number of imidazole rings is 1. The Kier molecular flexibility index (Phi) is 13.6. The molecule has 0 aliphatic carbocycles. The van der Waals surface area contributed by atoms with Gasteiger partial charge in [0.05, 0.1) is 18.5 Å². The number of hydrogen-bond donors (Lipinski definition) is 0. The van der Waals surface area contributed by atoms with E-state index in [2.05, 4.69) is 0 Å². The molecule has 11 nitrogen and oxygen atoms in total. The number of fused-ring (bicyclic) bond motifs is 1. The van der Waals surface area contributed by atoms with Crippen molar-refractivity contribution in [2.75, 3.05) is 71.9 Å². The number of alkyl halides is 1. The smallest absolute Gasteiger partial charge is 0.370 e.